The molecule has 2 aromatic heterocycles. The molecule has 4 rings (SSSR count). The van der Waals surface area contributed by atoms with Crippen LogP contribution in [0.1, 0.15) is 33.3 Å². The summed E-state index contributed by atoms with van der Waals surface area (Å²) < 4.78 is 5.65. The SMILES string of the molecule is CCOc1ncnc2sc(C(=O)N3CCN(c4cccc(C)c4C)CC3)c(C)c12. The highest BCUT2D eigenvalue weighted by atomic mass is 32.1. The Balaban J connectivity index is 1.54. The van der Waals surface area contributed by atoms with Crippen molar-refractivity contribution in [3.63, 3.8) is 0 Å². The van der Waals surface area contributed by atoms with Gasteiger partial charge in [-0.25, -0.2) is 9.97 Å². The number of piperazine rings is 1. The molecule has 0 bridgehead atoms. The van der Waals surface area contributed by atoms with Crippen LogP contribution in [0.5, 0.6) is 5.88 Å². The second kappa shape index (κ2) is 7.99. The highest BCUT2D eigenvalue weighted by molar-refractivity contribution is 7.20. The monoisotopic (exact) mass is 410 g/mol. The maximum atomic E-state index is 13.3. The van der Waals surface area contributed by atoms with Gasteiger partial charge in [0.1, 0.15) is 11.2 Å². The molecular weight excluding hydrogens is 384 g/mol. The number of nitrogens with zero attached hydrogens (tertiary/aromatic N) is 4. The van der Waals surface area contributed by atoms with Crippen molar-refractivity contribution in [1.82, 2.24) is 14.9 Å². The molecule has 7 heteroatoms. The van der Waals surface area contributed by atoms with Crippen molar-refractivity contribution < 1.29 is 9.53 Å². The van der Waals surface area contributed by atoms with E-state index < -0.39 is 0 Å². The Morgan fingerprint density at radius 1 is 1.10 bits per heavy atom. The zero-order valence-corrected chi connectivity index (χ0v) is 18.2. The number of rotatable bonds is 4. The predicted octanol–water partition coefficient (Wildman–Crippen LogP) is 3.98. The lowest BCUT2D eigenvalue weighted by molar-refractivity contribution is 0.0751. The summed E-state index contributed by atoms with van der Waals surface area (Å²) >= 11 is 1.43. The molecule has 152 valence electrons. The Labute approximate surface area is 175 Å². The minimum Gasteiger partial charge on any atom is -0.477 e. The predicted molar refractivity (Wildman–Crippen MR) is 117 cm³/mol. The summed E-state index contributed by atoms with van der Waals surface area (Å²) in [4.78, 5) is 27.7. The fourth-order valence-electron chi connectivity index (χ4n) is 3.86. The maximum absolute atomic E-state index is 13.3. The summed E-state index contributed by atoms with van der Waals surface area (Å²) in [6.45, 7) is 11.8. The largest absolute Gasteiger partial charge is 0.477 e. The lowest BCUT2D eigenvalue weighted by Gasteiger charge is -2.37. The first kappa shape index (κ1) is 19.6. The number of amides is 1. The fraction of sp³-hybridized carbons (Fsp3) is 0.409. The van der Waals surface area contributed by atoms with E-state index in [1.54, 1.807) is 0 Å². The quantitative estimate of drug-likeness (QED) is 0.651. The van der Waals surface area contributed by atoms with Gasteiger partial charge in [-0.15, -0.1) is 11.3 Å². The van der Waals surface area contributed by atoms with Gasteiger partial charge in [-0.1, -0.05) is 12.1 Å². The summed E-state index contributed by atoms with van der Waals surface area (Å²) in [6.07, 6.45) is 1.50. The number of aryl methyl sites for hydroxylation is 2. The number of carbonyl (C=O) groups excluding carboxylic acids is 1. The van der Waals surface area contributed by atoms with Gasteiger partial charge >= 0.3 is 0 Å². The molecule has 0 atom stereocenters. The van der Waals surface area contributed by atoms with E-state index in [0.717, 1.165) is 33.7 Å². The number of anilines is 1. The summed E-state index contributed by atoms with van der Waals surface area (Å²) in [5.74, 6) is 0.638. The van der Waals surface area contributed by atoms with Crippen molar-refractivity contribution in [1.29, 1.82) is 0 Å². The minimum absolute atomic E-state index is 0.0774. The zero-order valence-electron chi connectivity index (χ0n) is 17.4. The molecule has 1 aliphatic rings. The van der Waals surface area contributed by atoms with E-state index >= 15 is 0 Å². The number of thiophene rings is 1. The van der Waals surface area contributed by atoms with Crippen molar-refractivity contribution in [2.45, 2.75) is 27.7 Å². The standard InChI is InChI=1S/C22H26N4O2S/c1-5-28-20-18-16(4)19(29-21(18)24-13-23-20)22(27)26-11-9-25(10-12-26)17-8-6-7-14(2)15(17)3/h6-8,13H,5,9-12H2,1-4H3. The number of fused-ring (bicyclic) bond motifs is 1. The molecule has 0 saturated carbocycles. The minimum atomic E-state index is 0.0774. The van der Waals surface area contributed by atoms with Gasteiger partial charge in [-0.05, 0) is 50.5 Å². The average Bonchev–Trinajstić information content (AvgIpc) is 3.07. The molecule has 0 spiro atoms. The van der Waals surface area contributed by atoms with E-state index in [1.165, 1.54) is 34.5 Å². The first-order chi connectivity index (χ1) is 14.0. The van der Waals surface area contributed by atoms with Crippen LogP contribution >= 0.6 is 11.3 Å². The third kappa shape index (κ3) is 3.55. The molecule has 6 nitrogen and oxygen atoms in total. The Bertz CT molecular complexity index is 1050. The van der Waals surface area contributed by atoms with Crippen LogP contribution in [0.25, 0.3) is 10.2 Å². The summed E-state index contributed by atoms with van der Waals surface area (Å²) in [5.41, 5.74) is 4.80. The number of ether oxygens (including phenoxy) is 1. The number of hydrogen-bond acceptors (Lipinski definition) is 6. The highest BCUT2D eigenvalue weighted by Gasteiger charge is 2.27. The van der Waals surface area contributed by atoms with Gasteiger partial charge in [0, 0.05) is 31.9 Å². The molecule has 1 fully saturated rings. The van der Waals surface area contributed by atoms with Gasteiger partial charge in [0.05, 0.1) is 16.9 Å². The van der Waals surface area contributed by atoms with Gasteiger partial charge in [0.25, 0.3) is 5.91 Å². The Morgan fingerprint density at radius 3 is 2.59 bits per heavy atom. The Hall–Kier alpha value is -2.67. The number of hydrogen-bond donors (Lipinski definition) is 0. The second-order valence-corrected chi connectivity index (χ2v) is 8.35. The molecule has 0 unspecified atom stereocenters. The van der Waals surface area contributed by atoms with Crippen molar-refractivity contribution in [3.8, 4) is 5.88 Å². The number of carbonyl (C=O) groups is 1. The van der Waals surface area contributed by atoms with Crippen LogP contribution in [0.15, 0.2) is 24.5 Å². The van der Waals surface area contributed by atoms with E-state index in [9.17, 15) is 4.79 Å². The first-order valence-corrected chi connectivity index (χ1v) is 10.8. The van der Waals surface area contributed by atoms with E-state index in [2.05, 4.69) is 46.9 Å². The van der Waals surface area contributed by atoms with E-state index in [-0.39, 0.29) is 5.91 Å². The van der Waals surface area contributed by atoms with Gasteiger partial charge in [-0.3, -0.25) is 4.79 Å². The van der Waals surface area contributed by atoms with Crippen molar-refractivity contribution in [2.24, 2.45) is 0 Å². The van der Waals surface area contributed by atoms with Crippen molar-refractivity contribution in [3.05, 3.63) is 46.1 Å². The lowest BCUT2D eigenvalue weighted by atomic mass is 10.1. The summed E-state index contributed by atoms with van der Waals surface area (Å²) in [5, 5.41) is 0.858. The van der Waals surface area contributed by atoms with Crippen molar-refractivity contribution in [2.75, 3.05) is 37.7 Å². The zero-order chi connectivity index (χ0) is 20.5. The van der Waals surface area contributed by atoms with Gasteiger partial charge in [0.15, 0.2) is 0 Å². The molecule has 29 heavy (non-hydrogen) atoms. The van der Waals surface area contributed by atoms with Crippen molar-refractivity contribution >= 4 is 33.1 Å². The molecule has 1 amide bonds. The normalized spacial score (nSPS) is 14.5. The second-order valence-electron chi connectivity index (χ2n) is 7.35. The van der Waals surface area contributed by atoms with E-state index in [1.807, 2.05) is 18.7 Å². The summed E-state index contributed by atoms with van der Waals surface area (Å²) in [6, 6.07) is 6.42. The number of benzene rings is 1. The molecule has 1 aromatic carbocycles. The van der Waals surface area contributed by atoms with Gasteiger partial charge < -0.3 is 14.5 Å². The summed E-state index contributed by atoms with van der Waals surface area (Å²) in [7, 11) is 0. The molecule has 1 saturated heterocycles. The maximum Gasteiger partial charge on any atom is 0.264 e. The third-order valence-electron chi connectivity index (χ3n) is 5.65. The third-order valence-corrected chi connectivity index (χ3v) is 6.84. The van der Waals surface area contributed by atoms with Crippen LogP contribution in [-0.2, 0) is 0 Å². The molecule has 1 aliphatic heterocycles. The first-order valence-electron chi connectivity index (χ1n) is 9.98. The molecular formula is C22H26N4O2S. The molecule has 0 radical (unpaired) electrons. The van der Waals surface area contributed by atoms with Crippen LogP contribution < -0.4 is 9.64 Å². The van der Waals surface area contributed by atoms with Crippen LogP contribution in [0.4, 0.5) is 5.69 Å². The van der Waals surface area contributed by atoms with Crippen LogP contribution in [0.3, 0.4) is 0 Å². The Morgan fingerprint density at radius 2 is 1.86 bits per heavy atom. The molecule has 0 aliphatic carbocycles. The molecule has 3 aromatic rings. The van der Waals surface area contributed by atoms with E-state index in [0.29, 0.717) is 25.6 Å². The molecule has 3 heterocycles. The topological polar surface area (TPSA) is 58.6 Å². The van der Waals surface area contributed by atoms with Gasteiger partial charge in [-0.2, -0.15) is 0 Å². The lowest BCUT2D eigenvalue weighted by Crippen LogP contribution is -2.49. The average molecular weight is 411 g/mol. The van der Waals surface area contributed by atoms with Crippen LogP contribution in [0.2, 0.25) is 0 Å². The fourth-order valence-corrected chi connectivity index (χ4v) is 4.97. The van der Waals surface area contributed by atoms with Crippen LogP contribution in [-0.4, -0.2) is 53.6 Å². The van der Waals surface area contributed by atoms with Crippen LogP contribution in [0, 0.1) is 20.8 Å². The smallest absolute Gasteiger partial charge is 0.264 e. The van der Waals surface area contributed by atoms with E-state index in [4.69, 9.17) is 4.74 Å². The highest BCUT2D eigenvalue weighted by Crippen LogP contribution is 2.35. The number of aromatic nitrogens is 2. The van der Waals surface area contributed by atoms with Gasteiger partial charge in [0.2, 0.25) is 5.88 Å². The Kier molecular flexibility index (Phi) is 5.41. The molecule has 0 N–H and O–H groups in total.